The molecule has 0 aromatic rings. The zero-order chi connectivity index (χ0) is 35.6. The number of rotatable bonds is 38. The second kappa shape index (κ2) is 34.3. The van der Waals surface area contributed by atoms with Crippen LogP contribution in [0.1, 0.15) is 232 Å². The lowest BCUT2D eigenvalue weighted by Crippen LogP contribution is -2.36. The van der Waals surface area contributed by atoms with Gasteiger partial charge in [-0.05, 0) is 25.7 Å². The predicted molar refractivity (Wildman–Crippen MR) is 201 cm³/mol. The Morgan fingerprint density at radius 2 is 0.729 bits per heavy atom. The van der Waals surface area contributed by atoms with Crippen molar-refractivity contribution in [2.24, 2.45) is 0 Å². The zero-order valence-electron chi connectivity index (χ0n) is 31.5. The number of hydrogen-bond donors (Lipinski definition) is 2. The predicted octanol–water partition coefficient (Wildman–Crippen LogP) is 12.5. The van der Waals surface area contributed by atoms with E-state index in [-0.39, 0.29) is 0 Å². The molecule has 286 valence electrons. The summed E-state index contributed by atoms with van der Waals surface area (Å²) >= 11 is 0. The van der Waals surface area contributed by atoms with Crippen LogP contribution in [0.2, 0.25) is 0 Å². The number of carbonyl (C=O) groups excluding carboxylic acids is 1. The van der Waals surface area contributed by atoms with Gasteiger partial charge in [0.05, 0.1) is 6.42 Å². The zero-order valence-corrected chi connectivity index (χ0v) is 32.4. The quantitative estimate of drug-likeness (QED) is 0.0373. The largest absolute Gasteiger partial charge is 0.481 e. The number of hydrogen-bond acceptors (Lipinski definition) is 5. The molecule has 7 nitrogen and oxygen atoms in total. The summed E-state index contributed by atoms with van der Waals surface area (Å²) in [6, 6.07) is 0. The Hall–Kier alpha value is -1.15. The summed E-state index contributed by atoms with van der Waals surface area (Å²) < 4.78 is 38.4. The van der Waals surface area contributed by atoms with Gasteiger partial charge in [-0.1, -0.05) is 200 Å². The minimum Gasteiger partial charge on any atom is -0.481 e. The summed E-state index contributed by atoms with van der Waals surface area (Å²) in [4.78, 5) is 23.8. The number of carbonyl (C=O) groups is 2. The van der Waals surface area contributed by atoms with Crippen LogP contribution in [-0.2, 0) is 24.4 Å². The SMILES string of the molecule is CCCCCCCCCCCCCCCCCCC(CCCCCCCCCCCCCCCCC)OC(=O)C(CC(=O)O)S(=O)(=O)O. The van der Waals surface area contributed by atoms with Gasteiger partial charge in [-0.15, -0.1) is 0 Å². The molecular formula is C40H78O7S. The molecule has 0 rings (SSSR count). The Labute approximate surface area is 297 Å². The molecule has 0 saturated carbocycles. The van der Waals surface area contributed by atoms with E-state index < -0.39 is 39.8 Å². The molecular weight excluding hydrogens is 625 g/mol. The molecule has 0 amide bonds. The Kier molecular flexibility index (Phi) is 33.5. The topological polar surface area (TPSA) is 118 Å². The van der Waals surface area contributed by atoms with Crippen molar-refractivity contribution in [1.82, 2.24) is 0 Å². The van der Waals surface area contributed by atoms with E-state index in [4.69, 9.17) is 9.84 Å². The van der Waals surface area contributed by atoms with Crippen LogP contribution >= 0.6 is 0 Å². The normalized spacial score (nSPS) is 13.1. The first-order valence-electron chi connectivity index (χ1n) is 20.6. The minimum absolute atomic E-state index is 0.454. The van der Waals surface area contributed by atoms with Crippen molar-refractivity contribution >= 4 is 22.1 Å². The van der Waals surface area contributed by atoms with Gasteiger partial charge >= 0.3 is 11.9 Å². The maximum atomic E-state index is 12.6. The molecule has 0 aromatic heterocycles. The van der Waals surface area contributed by atoms with E-state index in [9.17, 15) is 22.6 Å². The summed E-state index contributed by atoms with van der Waals surface area (Å²) in [6.07, 6.45) is 39.2. The molecule has 2 N–H and O–H groups in total. The Morgan fingerprint density at radius 3 is 0.958 bits per heavy atom. The highest BCUT2D eigenvalue weighted by Crippen LogP contribution is 2.20. The average Bonchev–Trinajstić information content (AvgIpc) is 3.04. The molecule has 2 unspecified atom stereocenters. The molecule has 48 heavy (non-hydrogen) atoms. The molecule has 0 bridgehead atoms. The van der Waals surface area contributed by atoms with Gasteiger partial charge in [0.25, 0.3) is 10.1 Å². The maximum absolute atomic E-state index is 12.6. The average molecular weight is 703 g/mol. The lowest BCUT2D eigenvalue weighted by atomic mass is 10.0. The van der Waals surface area contributed by atoms with Crippen LogP contribution in [0.5, 0.6) is 0 Å². The monoisotopic (exact) mass is 703 g/mol. The van der Waals surface area contributed by atoms with E-state index in [0.29, 0.717) is 12.8 Å². The van der Waals surface area contributed by atoms with E-state index in [1.54, 1.807) is 0 Å². The van der Waals surface area contributed by atoms with Crippen molar-refractivity contribution in [2.75, 3.05) is 0 Å². The van der Waals surface area contributed by atoms with Crippen LogP contribution in [0.3, 0.4) is 0 Å². The van der Waals surface area contributed by atoms with Crippen LogP contribution in [0.15, 0.2) is 0 Å². The second-order valence-corrected chi connectivity index (χ2v) is 16.1. The molecule has 8 heteroatoms. The van der Waals surface area contributed by atoms with Gasteiger partial charge in [0.15, 0.2) is 5.25 Å². The van der Waals surface area contributed by atoms with E-state index in [2.05, 4.69) is 13.8 Å². The number of unbranched alkanes of at least 4 members (excludes halogenated alkanes) is 29. The van der Waals surface area contributed by atoms with Crippen LogP contribution in [0.25, 0.3) is 0 Å². The Morgan fingerprint density at radius 1 is 0.479 bits per heavy atom. The van der Waals surface area contributed by atoms with Crippen molar-refractivity contribution in [1.29, 1.82) is 0 Å². The molecule has 0 aromatic carbocycles. The van der Waals surface area contributed by atoms with Gasteiger partial charge in [0, 0.05) is 0 Å². The number of ether oxygens (including phenoxy) is 1. The highest BCUT2D eigenvalue weighted by molar-refractivity contribution is 7.87. The van der Waals surface area contributed by atoms with E-state index in [1.807, 2.05) is 0 Å². The molecule has 0 aliphatic heterocycles. The highest BCUT2D eigenvalue weighted by Gasteiger charge is 2.36. The Balaban J connectivity index is 4.24. The fraction of sp³-hybridized carbons (Fsp3) is 0.950. The van der Waals surface area contributed by atoms with Crippen molar-refractivity contribution in [3.8, 4) is 0 Å². The fourth-order valence-corrected chi connectivity index (χ4v) is 7.29. The summed E-state index contributed by atoms with van der Waals surface area (Å²) in [5.41, 5.74) is 0. The number of esters is 1. The molecule has 0 aliphatic rings. The van der Waals surface area contributed by atoms with Gasteiger partial charge in [0.1, 0.15) is 6.10 Å². The van der Waals surface area contributed by atoms with Crippen molar-refractivity contribution in [3.63, 3.8) is 0 Å². The van der Waals surface area contributed by atoms with Gasteiger partial charge in [0.2, 0.25) is 0 Å². The summed E-state index contributed by atoms with van der Waals surface area (Å²) in [6.45, 7) is 4.52. The molecule has 0 fully saturated rings. The molecule has 2 atom stereocenters. The molecule has 0 radical (unpaired) electrons. The van der Waals surface area contributed by atoms with E-state index in [1.165, 1.54) is 161 Å². The van der Waals surface area contributed by atoms with Gasteiger partial charge in [-0.3, -0.25) is 14.1 Å². The van der Waals surface area contributed by atoms with Crippen LogP contribution < -0.4 is 0 Å². The maximum Gasteiger partial charge on any atom is 0.327 e. The first kappa shape index (κ1) is 46.9. The van der Waals surface area contributed by atoms with E-state index in [0.717, 1.165) is 38.5 Å². The van der Waals surface area contributed by atoms with Gasteiger partial charge in [-0.2, -0.15) is 8.42 Å². The lowest BCUT2D eigenvalue weighted by Gasteiger charge is -2.20. The van der Waals surface area contributed by atoms with Crippen LogP contribution in [-0.4, -0.2) is 41.4 Å². The third-order valence-corrected chi connectivity index (χ3v) is 10.9. The summed E-state index contributed by atoms with van der Waals surface area (Å²) in [7, 11) is -4.86. The molecule has 0 spiro atoms. The van der Waals surface area contributed by atoms with Gasteiger partial charge in [-0.25, -0.2) is 0 Å². The standard InChI is InChI=1S/C40H78O7S/c1-3-5-7-9-11-13-15-17-19-21-23-25-27-29-31-33-35-37(47-40(43)38(36-39(41)42)48(44,45)46)34-32-30-28-26-24-22-20-18-16-14-12-10-8-6-4-2/h37-38H,3-36H2,1-2H3,(H,41,42)(H,44,45,46). The van der Waals surface area contributed by atoms with Crippen molar-refractivity contribution < 1.29 is 32.4 Å². The van der Waals surface area contributed by atoms with Crippen molar-refractivity contribution in [3.05, 3.63) is 0 Å². The molecule has 0 saturated heterocycles. The number of carboxylic acids is 1. The van der Waals surface area contributed by atoms with Gasteiger partial charge < -0.3 is 9.84 Å². The Bertz CT molecular complexity index is 829. The minimum atomic E-state index is -4.86. The summed E-state index contributed by atoms with van der Waals surface area (Å²) in [5, 5.41) is 6.98. The lowest BCUT2D eigenvalue weighted by molar-refractivity contribution is -0.152. The fourth-order valence-electron chi connectivity index (χ4n) is 6.63. The first-order chi connectivity index (χ1) is 23.2. The number of aliphatic carboxylic acids is 1. The molecule has 0 aliphatic carbocycles. The van der Waals surface area contributed by atoms with E-state index >= 15 is 0 Å². The molecule has 0 heterocycles. The van der Waals surface area contributed by atoms with Crippen LogP contribution in [0, 0.1) is 0 Å². The smallest absolute Gasteiger partial charge is 0.327 e. The summed E-state index contributed by atoms with van der Waals surface area (Å²) in [5.74, 6) is -2.62. The van der Waals surface area contributed by atoms with Crippen molar-refractivity contribution in [2.45, 2.75) is 244 Å². The van der Waals surface area contributed by atoms with Crippen LogP contribution in [0.4, 0.5) is 0 Å². The third-order valence-electron chi connectivity index (χ3n) is 9.77. The number of carboxylic acid groups (broad SMARTS) is 1. The highest BCUT2D eigenvalue weighted by atomic mass is 32.2. The second-order valence-electron chi connectivity index (χ2n) is 14.5. The third kappa shape index (κ3) is 32.1. The first-order valence-corrected chi connectivity index (χ1v) is 22.1.